The maximum Gasteiger partial charge on any atom is 0.352 e. The molecule has 0 spiro atoms. The molecule has 30 heavy (non-hydrogen) atoms. The van der Waals surface area contributed by atoms with Crippen molar-refractivity contribution in [1.29, 1.82) is 0 Å². The number of hydrogen-bond donors (Lipinski definition) is 2. The molecule has 0 saturated carbocycles. The lowest BCUT2D eigenvalue weighted by atomic mass is 10.2. The summed E-state index contributed by atoms with van der Waals surface area (Å²) in [6.07, 6.45) is 0. The van der Waals surface area contributed by atoms with Crippen molar-refractivity contribution in [3.05, 3.63) is 93.6 Å². The van der Waals surface area contributed by atoms with E-state index in [1.165, 1.54) is 5.56 Å². The Morgan fingerprint density at radius 1 is 0.833 bits per heavy atom. The Labute approximate surface area is 192 Å². The van der Waals surface area contributed by atoms with Crippen LogP contribution in [-0.4, -0.2) is 16.1 Å². The van der Waals surface area contributed by atoms with Gasteiger partial charge in [0.15, 0.2) is 0 Å². The van der Waals surface area contributed by atoms with Crippen LogP contribution in [0.1, 0.15) is 21.6 Å². The molecule has 4 rings (SSSR count). The van der Waals surface area contributed by atoms with Crippen molar-refractivity contribution in [2.24, 2.45) is 0 Å². The van der Waals surface area contributed by atoms with Crippen LogP contribution < -0.4 is 0 Å². The van der Waals surface area contributed by atoms with Gasteiger partial charge in [-0.05, 0) is 53.6 Å². The number of halogens is 2. The predicted molar refractivity (Wildman–Crippen MR) is 127 cm³/mol. The number of hydrogen-bond acceptors (Lipinski definition) is 3. The second kappa shape index (κ2) is 9.40. The average Bonchev–Trinajstić information content (AvgIpc) is 3.17. The van der Waals surface area contributed by atoms with Crippen LogP contribution in [0.2, 0.25) is 10.0 Å². The Morgan fingerprint density at radius 3 is 1.97 bits per heavy atom. The largest absolute Gasteiger partial charge is 0.477 e. The van der Waals surface area contributed by atoms with E-state index < -0.39 is 5.97 Å². The third kappa shape index (κ3) is 5.16. The van der Waals surface area contributed by atoms with Crippen molar-refractivity contribution in [1.82, 2.24) is 4.98 Å². The summed E-state index contributed by atoms with van der Waals surface area (Å²) in [4.78, 5) is 16.6. The van der Waals surface area contributed by atoms with Crippen LogP contribution >= 0.6 is 46.7 Å². The zero-order chi connectivity index (χ0) is 21.1. The molecule has 0 aliphatic heterocycles. The van der Waals surface area contributed by atoms with E-state index in [1.54, 1.807) is 29.6 Å². The zero-order valence-electron chi connectivity index (χ0n) is 15.7. The highest BCUT2D eigenvalue weighted by Crippen LogP contribution is 2.36. The van der Waals surface area contributed by atoms with Crippen LogP contribution in [0.3, 0.4) is 0 Å². The fourth-order valence-corrected chi connectivity index (χ4v) is 5.29. The second-order valence-corrected chi connectivity index (χ2v) is 9.64. The van der Waals surface area contributed by atoms with E-state index in [9.17, 15) is 9.90 Å². The van der Waals surface area contributed by atoms with Gasteiger partial charge >= 0.3 is 5.97 Å². The van der Waals surface area contributed by atoms with E-state index in [0.717, 1.165) is 42.8 Å². The van der Waals surface area contributed by atoms with Gasteiger partial charge in [0, 0.05) is 42.2 Å². The van der Waals surface area contributed by atoms with E-state index in [0.29, 0.717) is 5.02 Å². The molecule has 3 aromatic carbocycles. The highest BCUT2D eigenvalue weighted by molar-refractivity contribution is 7.99. The molecule has 0 aliphatic rings. The number of aromatic nitrogens is 1. The molecule has 1 aromatic heterocycles. The number of H-pyrrole nitrogens is 1. The lowest BCUT2D eigenvalue weighted by molar-refractivity contribution is 0.0691. The first kappa shape index (κ1) is 21.2. The smallest absolute Gasteiger partial charge is 0.352 e. The van der Waals surface area contributed by atoms with E-state index in [2.05, 4.69) is 11.1 Å². The first-order valence-electron chi connectivity index (χ1n) is 9.12. The van der Waals surface area contributed by atoms with Crippen LogP contribution in [0.5, 0.6) is 0 Å². The fourth-order valence-electron chi connectivity index (χ4n) is 2.99. The maximum atomic E-state index is 11.4. The summed E-state index contributed by atoms with van der Waals surface area (Å²) in [5.41, 5.74) is 3.36. The number of carbonyl (C=O) groups is 1. The highest BCUT2D eigenvalue weighted by atomic mass is 35.5. The molecule has 0 bridgehead atoms. The molecule has 0 saturated heterocycles. The number of fused-ring (bicyclic) bond motifs is 1. The summed E-state index contributed by atoms with van der Waals surface area (Å²) in [5, 5.41) is 11.7. The van der Waals surface area contributed by atoms with Gasteiger partial charge in [-0.3, -0.25) is 0 Å². The predicted octanol–water partition coefficient (Wildman–Crippen LogP) is 7.76. The van der Waals surface area contributed by atoms with Gasteiger partial charge in [-0.2, -0.15) is 0 Å². The van der Waals surface area contributed by atoms with Gasteiger partial charge in [0.2, 0.25) is 0 Å². The molecule has 0 atom stereocenters. The molecule has 0 aliphatic carbocycles. The Balaban J connectivity index is 1.60. The topological polar surface area (TPSA) is 53.1 Å². The number of rotatable bonds is 7. The number of benzene rings is 3. The second-order valence-electron chi connectivity index (χ2n) is 6.70. The Bertz CT molecular complexity index is 1190. The summed E-state index contributed by atoms with van der Waals surface area (Å²) in [6.45, 7) is 0. The molecule has 152 valence electrons. The molecule has 4 aromatic rings. The van der Waals surface area contributed by atoms with Crippen molar-refractivity contribution >= 4 is 63.6 Å². The van der Waals surface area contributed by atoms with Crippen LogP contribution in [0.15, 0.2) is 76.5 Å². The minimum Gasteiger partial charge on any atom is -0.477 e. The normalized spacial score (nSPS) is 11.1. The number of carboxylic acid groups (broad SMARTS) is 1. The molecular weight excluding hydrogens is 457 g/mol. The summed E-state index contributed by atoms with van der Waals surface area (Å²) in [6, 6.07) is 21.4. The van der Waals surface area contributed by atoms with E-state index in [1.807, 2.05) is 54.6 Å². The minimum absolute atomic E-state index is 0.193. The van der Waals surface area contributed by atoms with Gasteiger partial charge < -0.3 is 10.1 Å². The molecule has 3 nitrogen and oxygen atoms in total. The molecule has 0 radical (unpaired) electrons. The maximum absolute atomic E-state index is 11.4. The fraction of sp³-hybridized carbons (Fsp3) is 0.0870. The third-order valence-corrected chi connectivity index (χ3v) is 7.21. The van der Waals surface area contributed by atoms with E-state index >= 15 is 0 Å². The number of aromatic carboxylic acids is 1. The van der Waals surface area contributed by atoms with Gasteiger partial charge in [-0.15, -0.1) is 23.5 Å². The molecule has 2 N–H and O–H groups in total. The highest BCUT2D eigenvalue weighted by Gasteiger charge is 2.13. The summed E-state index contributed by atoms with van der Waals surface area (Å²) in [7, 11) is 0. The molecule has 0 unspecified atom stereocenters. The van der Waals surface area contributed by atoms with Gasteiger partial charge in [-0.1, -0.05) is 47.5 Å². The third-order valence-electron chi connectivity index (χ3n) is 4.53. The lowest BCUT2D eigenvalue weighted by Gasteiger charge is -2.08. The van der Waals surface area contributed by atoms with Crippen LogP contribution in [-0.2, 0) is 11.5 Å². The van der Waals surface area contributed by atoms with E-state index in [4.69, 9.17) is 23.2 Å². The molecule has 7 heteroatoms. The minimum atomic E-state index is -0.963. The first-order chi connectivity index (χ1) is 14.5. The zero-order valence-corrected chi connectivity index (χ0v) is 18.8. The number of carboxylic acids is 1. The monoisotopic (exact) mass is 473 g/mol. The average molecular weight is 474 g/mol. The van der Waals surface area contributed by atoms with Crippen LogP contribution in [0, 0.1) is 0 Å². The van der Waals surface area contributed by atoms with E-state index in [-0.39, 0.29) is 5.69 Å². The molecular formula is C23H17Cl2NO2S2. The van der Waals surface area contributed by atoms with Crippen LogP contribution in [0.25, 0.3) is 10.9 Å². The summed E-state index contributed by atoms with van der Waals surface area (Å²) < 4.78 is 0. The quantitative estimate of drug-likeness (QED) is 0.269. The van der Waals surface area contributed by atoms with Crippen molar-refractivity contribution in [2.45, 2.75) is 21.3 Å². The van der Waals surface area contributed by atoms with Gasteiger partial charge in [-0.25, -0.2) is 4.79 Å². The van der Waals surface area contributed by atoms with Crippen molar-refractivity contribution in [3.8, 4) is 0 Å². The number of nitrogens with one attached hydrogen (secondary N) is 1. The molecule has 0 amide bonds. The van der Waals surface area contributed by atoms with Crippen molar-refractivity contribution < 1.29 is 9.90 Å². The van der Waals surface area contributed by atoms with Gasteiger partial charge in [0.05, 0.1) is 0 Å². The van der Waals surface area contributed by atoms with Crippen molar-refractivity contribution in [2.75, 3.05) is 0 Å². The van der Waals surface area contributed by atoms with Crippen LogP contribution in [0.4, 0.5) is 0 Å². The lowest BCUT2D eigenvalue weighted by Crippen LogP contribution is -1.94. The van der Waals surface area contributed by atoms with Gasteiger partial charge in [0.1, 0.15) is 5.69 Å². The van der Waals surface area contributed by atoms with Crippen molar-refractivity contribution in [3.63, 3.8) is 0 Å². The molecule has 0 fully saturated rings. The van der Waals surface area contributed by atoms with Gasteiger partial charge in [0.25, 0.3) is 0 Å². The Morgan fingerprint density at radius 2 is 1.40 bits per heavy atom. The SMILES string of the molecule is O=C(O)c1cc2c(SCc3ccc(Cl)cc3)cc(SCc3ccc(Cl)cc3)cc2[nH]1. The summed E-state index contributed by atoms with van der Waals surface area (Å²) >= 11 is 15.3. The summed E-state index contributed by atoms with van der Waals surface area (Å²) in [5.74, 6) is 0.608. The molecule has 1 heterocycles. The first-order valence-corrected chi connectivity index (χ1v) is 11.9. The number of aromatic amines is 1. The standard InChI is InChI=1S/C23H17Cl2NO2S2/c24-16-5-1-14(2-6-16)12-29-18-9-20-19(11-21(26-20)23(27)28)22(10-18)30-13-15-3-7-17(25)8-4-15/h1-11,26H,12-13H2,(H,27,28). The number of thioether (sulfide) groups is 2. The Hall–Kier alpha value is -2.05. The Kier molecular flexibility index (Phi) is 6.64.